The number of likely N-dealkylation sites (tertiary alicyclic amines) is 1. The van der Waals surface area contributed by atoms with Crippen LogP contribution in [0.15, 0.2) is 34.9 Å². The largest absolute Gasteiger partial charge is 0.361 e. The average Bonchev–Trinajstić information content (AvgIpc) is 3.15. The molecule has 1 fully saturated rings. The maximum absolute atomic E-state index is 12.0. The molecule has 1 aliphatic rings. The summed E-state index contributed by atoms with van der Waals surface area (Å²) in [7, 11) is 0. The molecule has 0 spiro atoms. The molecule has 6 heteroatoms. The van der Waals surface area contributed by atoms with Crippen LogP contribution in [0.1, 0.15) is 35.4 Å². The Kier molecular flexibility index (Phi) is 4.93. The Bertz CT molecular complexity index is 739. The van der Waals surface area contributed by atoms with Gasteiger partial charge in [0.2, 0.25) is 11.8 Å². The van der Waals surface area contributed by atoms with Crippen molar-refractivity contribution in [1.29, 1.82) is 0 Å². The van der Waals surface area contributed by atoms with E-state index in [1.807, 2.05) is 36.1 Å². The van der Waals surface area contributed by atoms with Gasteiger partial charge in [0.1, 0.15) is 5.76 Å². The van der Waals surface area contributed by atoms with Crippen LogP contribution < -0.4 is 5.32 Å². The molecule has 126 valence electrons. The van der Waals surface area contributed by atoms with Crippen LogP contribution in [0.3, 0.4) is 0 Å². The lowest BCUT2D eigenvalue weighted by atomic mass is 10.1. The number of aryl methyl sites for hydroxylation is 1. The van der Waals surface area contributed by atoms with E-state index in [9.17, 15) is 9.59 Å². The van der Waals surface area contributed by atoms with Gasteiger partial charge in [0.05, 0.1) is 12.1 Å². The molecule has 1 aromatic heterocycles. The van der Waals surface area contributed by atoms with Gasteiger partial charge in [-0.3, -0.25) is 9.59 Å². The second-order valence-electron chi connectivity index (χ2n) is 6.08. The van der Waals surface area contributed by atoms with Gasteiger partial charge in [-0.25, -0.2) is 0 Å². The van der Waals surface area contributed by atoms with E-state index in [-0.39, 0.29) is 18.2 Å². The molecular weight excluding hydrogens is 306 g/mol. The number of benzene rings is 1. The molecule has 3 rings (SSSR count). The van der Waals surface area contributed by atoms with Gasteiger partial charge in [0, 0.05) is 32.1 Å². The van der Waals surface area contributed by atoms with Crippen LogP contribution in [-0.4, -0.2) is 28.4 Å². The molecule has 1 saturated heterocycles. The van der Waals surface area contributed by atoms with Gasteiger partial charge >= 0.3 is 0 Å². The molecule has 1 aliphatic heterocycles. The quantitative estimate of drug-likeness (QED) is 0.880. The summed E-state index contributed by atoms with van der Waals surface area (Å²) in [5.74, 6) is 0.647. The van der Waals surface area contributed by atoms with Gasteiger partial charge in [0.15, 0.2) is 0 Å². The van der Waals surface area contributed by atoms with Crippen molar-refractivity contribution < 1.29 is 14.1 Å². The Balaban J connectivity index is 1.58. The fraction of sp³-hybridized carbons (Fsp3) is 0.389. The van der Waals surface area contributed by atoms with Crippen molar-refractivity contribution >= 4 is 11.8 Å². The van der Waals surface area contributed by atoms with Crippen LogP contribution in [0.25, 0.3) is 0 Å². The van der Waals surface area contributed by atoms with Crippen LogP contribution in [-0.2, 0) is 29.1 Å². The number of aromatic nitrogens is 1. The Hall–Kier alpha value is -2.63. The summed E-state index contributed by atoms with van der Waals surface area (Å²) in [6.07, 6.45) is 1.73. The highest BCUT2D eigenvalue weighted by Crippen LogP contribution is 2.17. The summed E-state index contributed by atoms with van der Waals surface area (Å²) in [6.45, 7) is 3.67. The molecule has 2 heterocycles. The first-order chi connectivity index (χ1) is 11.6. The Labute approximate surface area is 140 Å². The van der Waals surface area contributed by atoms with Crippen LogP contribution in [0.5, 0.6) is 0 Å². The molecule has 1 aromatic carbocycles. The second-order valence-corrected chi connectivity index (χ2v) is 6.08. The number of carbonyl (C=O) groups is 2. The number of nitrogens with one attached hydrogen (secondary N) is 1. The third kappa shape index (κ3) is 4.01. The minimum Gasteiger partial charge on any atom is -0.361 e. The summed E-state index contributed by atoms with van der Waals surface area (Å²) in [4.78, 5) is 25.7. The maximum atomic E-state index is 12.0. The van der Waals surface area contributed by atoms with Crippen molar-refractivity contribution in [3.63, 3.8) is 0 Å². The lowest BCUT2D eigenvalue weighted by Gasteiger charge is -2.18. The highest BCUT2D eigenvalue weighted by molar-refractivity contribution is 5.78. The van der Waals surface area contributed by atoms with Crippen molar-refractivity contribution in [2.75, 3.05) is 6.54 Å². The first-order valence-electron chi connectivity index (χ1n) is 8.15. The Morgan fingerprint density at radius 2 is 2.12 bits per heavy atom. The molecule has 0 radical (unpaired) electrons. The molecular formula is C18H21N3O3. The minimum atomic E-state index is -0.113. The lowest BCUT2D eigenvalue weighted by molar-refractivity contribution is -0.128. The zero-order valence-electron chi connectivity index (χ0n) is 13.7. The lowest BCUT2D eigenvalue weighted by Crippen LogP contribution is -2.27. The number of hydrogen-bond acceptors (Lipinski definition) is 4. The Morgan fingerprint density at radius 3 is 2.79 bits per heavy atom. The van der Waals surface area contributed by atoms with E-state index in [1.165, 1.54) is 0 Å². The molecule has 24 heavy (non-hydrogen) atoms. The normalized spacial score (nSPS) is 14.2. The van der Waals surface area contributed by atoms with Crippen molar-refractivity contribution in [1.82, 2.24) is 15.4 Å². The van der Waals surface area contributed by atoms with E-state index in [0.717, 1.165) is 29.8 Å². The van der Waals surface area contributed by atoms with Crippen LogP contribution in [0, 0.1) is 6.92 Å². The fourth-order valence-corrected chi connectivity index (χ4v) is 2.88. The second kappa shape index (κ2) is 7.29. The first-order valence-corrected chi connectivity index (χ1v) is 8.15. The zero-order chi connectivity index (χ0) is 16.9. The van der Waals surface area contributed by atoms with E-state index in [1.54, 1.807) is 6.07 Å². The van der Waals surface area contributed by atoms with Gasteiger partial charge < -0.3 is 14.7 Å². The van der Waals surface area contributed by atoms with E-state index in [2.05, 4.69) is 10.5 Å². The van der Waals surface area contributed by atoms with Crippen molar-refractivity contribution in [3.05, 3.63) is 52.9 Å². The van der Waals surface area contributed by atoms with E-state index >= 15 is 0 Å². The standard InChI is InChI=1S/C18H21N3O3/c1-13-9-16(24-20-13)10-17(22)19-11-14-5-2-3-6-15(14)12-21-8-4-7-18(21)23/h2-3,5-6,9H,4,7-8,10-12H2,1H3,(H,19,22). The summed E-state index contributed by atoms with van der Waals surface area (Å²) < 4.78 is 5.06. The number of nitrogens with zero attached hydrogens (tertiary/aromatic N) is 2. The predicted molar refractivity (Wildman–Crippen MR) is 87.9 cm³/mol. The maximum Gasteiger partial charge on any atom is 0.227 e. The van der Waals surface area contributed by atoms with E-state index in [0.29, 0.717) is 25.3 Å². The topological polar surface area (TPSA) is 75.4 Å². The van der Waals surface area contributed by atoms with Crippen LogP contribution in [0.2, 0.25) is 0 Å². The first kappa shape index (κ1) is 16.2. The summed E-state index contributed by atoms with van der Waals surface area (Å²) >= 11 is 0. The molecule has 0 aliphatic carbocycles. The summed E-state index contributed by atoms with van der Waals surface area (Å²) in [6, 6.07) is 9.64. The molecule has 0 bridgehead atoms. The molecule has 0 saturated carbocycles. The van der Waals surface area contributed by atoms with E-state index in [4.69, 9.17) is 4.52 Å². The fourth-order valence-electron chi connectivity index (χ4n) is 2.88. The third-order valence-corrected chi connectivity index (χ3v) is 4.14. The number of amides is 2. The highest BCUT2D eigenvalue weighted by Gasteiger charge is 2.21. The minimum absolute atomic E-state index is 0.113. The van der Waals surface area contributed by atoms with Crippen LogP contribution in [0.4, 0.5) is 0 Å². The Morgan fingerprint density at radius 1 is 1.33 bits per heavy atom. The van der Waals surface area contributed by atoms with Crippen molar-refractivity contribution in [2.45, 2.75) is 39.3 Å². The third-order valence-electron chi connectivity index (χ3n) is 4.14. The molecule has 0 atom stereocenters. The summed E-state index contributed by atoms with van der Waals surface area (Å²) in [5, 5.41) is 6.68. The van der Waals surface area contributed by atoms with Gasteiger partial charge in [-0.05, 0) is 24.5 Å². The number of rotatable bonds is 6. The predicted octanol–water partition coefficient (Wildman–Crippen LogP) is 1.96. The average molecular weight is 327 g/mol. The molecule has 1 N–H and O–H groups in total. The molecule has 0 unspecified atom stereocenters. The van der Waals surface area contributed by atoms with E-state index < -0.39 is 0 Å². The van der Waals surface area contributed by atoms with Crippen molar-refractivity contribution in [2.24, 2.45) is 0 Å². The number of hydrogen-bond donors (Lipinski definition) is 1. The van der Waals surface area contributed by atoms with Gasteiger partial charge in [-0.2, -0.15) is 0 Å². The number of carbonyl (C=O) groups excluding carboxylic acids is 2. The van der Waals surface area contributed by atoms with Crippen LogP contribution >= 0.6 is 0 Å². The van der Waals surface area contributed by atoms with Gasteiger partial charge in [0.25, 0.3) is 0 Å². The van der Waals surface area contributed by atoms with Gasteiger partial charge in [-0.15, -0.1) is 0 Å². The highest BCUT2D eigenvalue weighted by atomic mass is 16.5. The molecule has 2 aromatic rings. The van der Waals surface area contributed by atoms with Crippen molar-refractivity contribution in [3.8, 4) is 0 Å². The zero-order valence-corrected chi connectivity index (χ0v) is 13.7. The monoisotopic (exact) mass is 327 g/mol. The summed E-state index contributed by atoms with van der Waals surface area (Å²) in [5.41, 5.74) is 2.86. The SMILES string of the molecule is Cc1cc(CC(=O)NCc2ccccc2CN2CCCC2=O)on1. The smallest absolute Gasteiger partial charge is 0.227 e. The molecule has 2 amide bonds. The van der Waals surface area contributed by atoms with Gasteiger partial charge in [-0.1, -0.05) is 29.4 Å². The molecule has 6 nitrogen and oxygen atoms in total.